The van der Waals surface area contributed by atoms with E-state index < -0.39 is 0 Å². The van der Waals surface area contributed by atoms with Crippen molar-refractivity contribution in [2.75, 3.05) is 19.6 Å². The van der Waals surface area contributed by atoms with Crippen LogP contribution in [0.15, 0.2) is 77.3 Å². The van der Waals surface area contributed by atoms with E-state index in [4.69, 9.17) is 14.7 Å². The minimum absolute atomic E-state index is 0. The third-order valence-electron chi connectivity index (χ3n) is 8.21. The van der Waals surface area contributed by atoms with E-state index >= 15 is 0 Å². The summed E-state index contributed by atoms with van der Waals surface area (Å²) in [7, 11) is 0. The van der Waals surface area contributed by atoms with Gasteiger partial charge in [0, 0.05) is 44.3 Å². The molecular weight excluding hydrogens is 456 g/mol. The largest absolute Gasteiger partial charge is 0.464 e. The molecule has 5 nitrogen and oxygen atoms in total. The number of piperidine rings is 1. The normalized spacial score (nSPS) is 23.4. The van der Waals surface area contributed by atoms with Crippen LogP contribution in [0.1, 0.15) is 78.7 Å². The lowest BCUT2D eigenvalue weighted by Crippen LogP contribution is -2.42. The molecule has 0 aromatic carbocycles. The summed E-state index contributed by atoms with van der Waals surface area (Å²) in [5, 5.41) is 3.63. The molecule has 198 valence electrons. The molecule has 0 spiro atoms. The van der Waals surface area contributed by atoms with Gasteiger partial charge in [-0.2, -0.15) is 0 Å². The van der Waals surface area contributed by atoms with Crippen molar-refractivity contribution in [3.05, 3.63) is 89.3 Å². The Kier molecular flexibility index (Phi) is 7.63. The molecule has 2 unspecified atom stereocenters. The number of pyridine rings is 1. The molecule has 3 heterocycles. The number of allylic oxidation sites excluding steroid dienone is 4. The first kappa shape index (κ1) is 26.7. The molecule has 4 aliphatic rings. The SMILES string of the molecule is C.C=C(NC1=Cc2nc(C(=C)OC=CC)ccc2C2C=C12)C1=CC(N2CCC(C)(CC)CC2)=NCC1C.[HH]. The maximum atomic E-state index is 5.54. The Morgan fingerprint density at radius 3 is 2.73 bits per heavy atom. The highest BCUT2D eigenvalue weighted by atomic mass is 16.5. The van der Waals surface area contributed by atoms with Crippen LogP contribution in [-0.2, 0) is 4.74 Å². The van der Waals surface area contributed by atoms with E-state index in [-0.39, 0.29) is 8.85 Å². The number of aliphatic imine (C=N–C) groups is 1. The zero-order valence-electron chi connectivity index (χ0n) is 22.1. The summed E-state index contributed by atoms with van der Waals surface area (Å²) < 4.78 is 5.54. The molecule has 1 aromatic heterocycles. The van der Waals surface area contributed by atoms with Crippen LogP contribution in [0.5, 0.6) is 0 Å². The van der Waals surface area contributed by atoms with Crippen LogP contribution in [0.2, 0.25) is 0 Å². The van der Waals surface area contributed by atoms with Crippen LogP contribution in [0.25, 0.3) is 11.8 Å². The highest BCUT2D eigenvalue weighted by molar-refractivity contribution is 5.95. The van der Waals surface area contributed by atoms with Crippen molar-refractivity contribution in [3.63, 3.8) is 0 Å². The Balaban J connectivity index is 0.00000200. The minimum Gasteiger partial charge on any atom is -0.464 e. The molecule has 1 aromatic rings. The lowest BCUT2D eigenvalue weighted by Gasteiger charge is -2.40. The van der Waals surface area contributed by atoms with Gasteiger partial charge in [-0.25, -0.2) is 4.98 Å². The van der Waals surface area contributed by atoms with Crippen molar-refractivity contribution in [1.29, 1.82) is 0 Å². The molecule has 37 heavy (non-hydrogen) atoms. The molecule has 5 heteroatoms. The fourth-order valence-electron chi connectivity index (χ4n) is 5.30. The summed E-state index contributed by atoms with van der Waals surface area (Å²) in [5.74, 6) is 2.31. The summed E-state index contributed by atoms with van der Waals surface area (Å²) in [6.07, 6.45) is 13.8. The van der Waals surface area contributed by atoms with Crippen molar-refractivity contribution < 1.29 is 6.16 Å². The van der Waals surface area contributed by atoms with Crippen LogP contribution in [-0.4, -0.2) is 35.4 Å². The number of likely N-dealkylation sites (tertiary alicyclic amines) is 1. The Labute approximate surface area is 224 Å². The number of dihydropyridines is 1. The lowest BCUT2D eigenvalue weighted by atomic mass is 9.78. The molecule has 1 fully saturated rings. The molecule has 0 saturated carbocycles. The second-order valence-electron chi connectivity index (χ2n) is 10.8. The fraction of sp³-hybridized carbons (Fsp3) is 0.438. The van der Waals surface area contributed by atoms with Crippen molar-refractivity contribution >= 4 is 17.7 Å². The monoisotopic (exact) mass is 500 g/mol. The molecule has 0 bridgehead atoms. The number of nitrogens with one attached hydrogen (secondary N) is 1. The van der Waals surface area contributed by atoms with E-state index in [0.29, 0.717) is 23.0 Å². The van der Waals surface area contributed by atoms with Gasteiger partial charge in [0.25, 0.3) is 0 Å². The quantitative estimate of drug-likeness (QED) is 0.395. The third-order valence-corrected chi connectivity index (χ3v) is 8.21. The summed E-state index contributed by atoms with van der Waals surface area (Å²) in [5.41, 5.74) is 7.98. The summed E-state index contributed by atoms with van der Waals surface area (Å²) in [4.78, 5) is 12.2. The first-order chi connectivity index (χ1) is 17.3. The molecule has 2 aliphatic heterocycles. The number of hydrogen-bond acceptors (Lipinski definition) is 5. The lowest BCUT2D eigenvalue weighted by molar-refractivity contribution is 0.162. The second kappa shape index (κ2) is 10.6. The van der Waals surface area contributed by atoms with Gasteiger partial charge in [0.15, 0.2) is 0 Å². The molecule has 1 N–H and O–H groups in total. The van der Waals surface area contributed by atoms with Crippen LogP contribution >= 0.6 is 0 Å². The Bertz CT molecular complexity index is 1240. The smallest absolute Gasteiger partial charge is 0.144 e. The number of ether oxygens (including phenoxy) is 1. The predicted molar refractivity (Wildman–Crippen MR) is 158 cm³/mol. The van der Waals surface area contributed by atoms with Crippen LogP contribution in [0.4, 0.5) is 0 Å². The average Bonchev–Trinajstić information content (AvgIpc) is 3.69. The van der Waals surface area contributed by atoms with Crippen molar-refractivity contribution in [2.24, 2.45) is 16.3 Å². The van der Waals surface area contributed by atoms with E-state index in [0.717, 1.165) is 48.3 Å². The molecule has 0 amide bonds. The van der Waals surface area contributed by atoms with Crippen LogP contribution in [0.3, 0.4) is 0 Å². The maximum absolute atomic E-state index is 5.54. The maximum Gasteiger partial charge on any atom is 0.144 e. The molecular formula is C32H44N4O. The number of rotatable bonds is 7. The predicted octanol–water partition coefficient (Wildman–Crippen LogP) is 7.45. The number of fused-ring (bicyclic) bond motifs is 3. The Morgan fingerprint density at radius 2 is 2.03 bits per heavy atom. The Morgan fingerprint density at radius 1 is 1.27 bits per heavy atom. The van der Waals surface area contributed by atoms with Gasteiger partial charge in [0.1, 0.15) is 17.3 Å². The molecule has 2 atom stereocenters. The average molecular weight is 501 g/mol. The summed E-state index contributed by atoms with van der Waals surface area (Å²) >= 11 is 0. The van der Waals surface area contributed by atoms with Crippen molar-refractivity contribution in [3.8, 4) is 0 Å². The fourth-order valence-corrected chi connectivity index (χ4v) is 5.30. The number of aromatic nitrogens is 1. The first-order valence-electron chi connectivity index (χ1n) is 13.2. The van der Waals surface area contributed by atoms with Crippen LogP contribution in [0, 0.1) is 11.3 Å². The highest BCUT2D eigenvalue weighted by Gasteiger charge is 2.36. The summed E-state index contributed by atoms with van der Waals surface area (Å²) in [6.45, 7) is 20.3. The zero-order valence-corrected chi connectivity index (χ0v) is 22.1. The van der Waals surface area contributed by atoms with Gasteiger partial charge in [-0.1, -0.05) is 66.0 Å². The van der Waals surface area contributed by atoms with Gasteiger partial charge in [0.2, 0.25) is 0 Å². The van der Waals surface area contributed by atoms with E-state index in [1.165, 1.54) is 36.0 Å². The molecule has 0 radical (unpaired) electrons. The summed E-state index contributed by atoms with van der Waals surface area (Å²) in [6, 6.07) is 4.12. The van der Waals surface area contributed by atoms with Gasteiger partial charge in [-0.3, -0.25) is 4.99 Å². The zero-order chi connectivity index (χ0) is 25.4. The third kappa shape index (κ3) is 5.36. The Hall–Kier alpha value is -3.34. The number of hydrogen-bond donors (Lipinski definition) is 1. The number of amidine groups is 1. The molecule has 1 saturated heterocycles. The van der Waals surface area contributed by atoms with E-state index in [2.05, 4.69) is 68.4 Å². The standard InChI is InChI=1S/C31H38N4O.CH4.H2/c1-7-15-36-22(5)27-10-9-23-25-16-26(25)29(18-28(23)34-27)33-21(4)24-17-30(32-19-20(24)3)35-13-11-31(6,8-2)12-14-35;;/h7,9-10,15-18,20,25,33H,4-5,8,11-14,19H2,1-3,6H3;1H4;1H. The second-order valence-corrected chi connectivity index (χ2v) is 10.8. The van der Waals surface area contributed by atoms with Gasteiger partial charge in [-0.15, -0.1) is 0 Å². The van der Waals surface area contributed by atoms with Gasteiger partial charge in [-0.05, 0) is 60.1 Å². The molecule has 5 rings (SSSR count). The topological polar surface area (TPSA) is 49.8 Å². The van der Waals surface area contributed by atoms with Crippen molar-refractivity contribution in [1.82, 2.24) is 15.2 Å². The van der Waals surface area contributed by atoms with E-state index in [1.54, 1.807) is 6.26 Å². The van der Waals surface area contributed by atoms with E-state index in [1.807, 2.05) is 19.1 Å². The van der Waals surface area contributed by atoms with Crippen LogP contribution < -0.4 is 5.32 Å². The van der Waals surface area contributed by atoms with E-state index in [9.17, 15) is 0 Å². The van der Waals surface area contributed by atoms with Gasteiger partial charge < -0.3 is 15.0 Å². The van der Waals surface area contributed by atoms with Gasteiger partial charge in [0.05, 0.1) is 12.0 Å². The first-order valence-corrected chi connectivity index (χ1v) is 13.2. The number of nitrogens with zero attached hydrogens (tertiary/aromatic N) is 3. The minimum atomic E-state index is 0. The highest BCUT2D eigenvalue weighted by Crippen LogP contribution is 2.48. The van der Waals surface area contributed by atoms with Gasteiger partial charge >= 0.3 is 0 Å². The molecule has 2 aliphatic carbocycles. The van der Waals surface area contributed by atoms with Crippen molar-refractivity contribution in [2.45, 2.75) is 60.3 Å².